The smallest absolute Gasteiger partial charge is 0.324 e. The number of carbonyl (C=O) groups excluding carboxylic acids is 1. The first-order chi connectivity index (χ1) is 14.6. The Morgan fingerprint density at radius 1 is 1.07 bits per heavy atom. The Hall–Kier alpha value is -4.08. The molecule has 2 amide bonds. The maximum atomic E-state index is 12.5. The molecule has 0 saturated carbocycles. The van der Waals surface area contributed by atoms with Gasteiger partial charge in [0.2, 0.25) is 5.82 Å². The van der Waals surface area contributed by atoms with Gasteiger partial charge in [-0.1, -0.05) is 35.5 Å². The predicted octanol–water partition coefficient (Wildman–Crippen LogP) is 4.63. The molecule has 0 saturated heterocycles. The van der Waals surface area contributed by atoms with Crippen molar-refractivity contribution in [3.8, 4) is 11.4 Å². The van der Waals surface area contributed by atoms with Crippen LogP contribution in [0.3, 0.4) is 0 Å². The third kappa shape index (κ3) is 4.66. The fraction of sp³-hybridized carbons (Fsp3) is 0.100. The van der Waals surface area contributed by atoms with E-state index in [-0.39, 0.29) is 5.82 Å². The number of nitrogens with one attached hydrogen (secondary N) is 3. The number of aromatic nitrogens is 4. The van der Waals surface area contributed by atoms with E-state index in [0.717, 1.165) is 11.3 Å². The maximum absolute atomic E-state index is 12.5. The highest BCUT2D eigenvalue weighted by molar-refractivity contribution is 5.99. The number of halogens is 2. The second-order valence-corrected chi connectivity index (χ2v) is 6.35. The number of anilines is 2. The van der Waals surface area contributed by atoms with Gasteiger partial charge in [-0.15, -0.1) is 0 Å². The quantitative estimate of drug-likeness (QED) is 0.429. The summed E-state index contributed by atoms with van der Waals surface area (Å²) in [6.45, 7) is 0. The third-order valence-corrected chi connectivity index (χ3v) is 4.14. The molecule has 0 unspecified atom stereocenters. The summed E-state index contributed by atoms with van der Waals surface area (Å²) in [6.07, 6.45) is -2.16. The SMILES string of the molecule is O=C(Nc1ccc(-c2noc(C(F)F)n2)cc1)Nc1cc(Cc2ccccc2)[nH]n1. The van der Waals surface area contributed by atoms with Crippen molar-refractivity contribution in [1.29, 1.82) is 0 Å². The van der Waals surface area contributed by atoms with Crippen molar-refractivity contribution in [2.45, 2.75) is 12.8 Å². The summed E-state index contributed by atoms with van der Waals surface area (Å²) in [5, 5.41) is 15.8. The summed E-state index contributed by atoms with van der Waals surface area (Å²) < 4.78 is 29.6. The van der Waals surface area contributed by atoms with E-state index in [2.05, 4.69) is 35.5 Å². The summed E-state index contributed by atoms with van der Waals surface area (Å²) in [5.41, 5.74) is 2.96. The van der Waals surface area contributed by atoms with Crippen LogP contribution in [0.15, 0.2) is 65.2 Å². The number of hydrogen-bond acceptors (Lipinski definition) is 5. The summed E-state index contributed by atoms with van der Waals surface area (Å²) in [4.78, 5) is 15.8. The van der Waals surface area contributed by atoms with Gasteiger partial charge in [-0.3, -0.25) is 10.4 Å². The molecular formula is C20H16F2N6O2. The van der Waals surface area contributed by atoms with Gasteiger partial charge < -0.3 is 9.84 Å². The normalized spacial score (nSPS) is 10.9. The lowest BCUT2D eigenvalue weighted by molar-refractivity contribution is 0.106. The fourth-order valence-corrected chi connectivity index (χ4v) is 2.75. The van der Waals surface area contributed by atoms with Gasteiger partial charge in [0.25, 0.3) is 5.89 Å². The Balaban J connectivity index is 1.34. The maximum Gasteiger partial charge on any atom is 0.324 e. The van der Waals surface area contributed by atoms with Gasteiger partial charge in [-0.05, 0) is 29.8 Å². The lowest BCUT2D eigenvalue weighted by Crippen LogP contribution is -2.19. The Kier molecular flexibility index (Phi) is 5.46. The van der Waals surface area contributed by atoms with Crippen LogP contribution < -0.4 is 10.6 Å². The molecule has 4 aromatic rings. The number of urea groups is 1. The van der Waals surface area contributed by atoms with Crippen molar-refractivity contribution in [2.24, 2.45) is 0 Å². The molecule has 0 spiro atoms. The average molecular weight is 410 g/mol. The Morgan fingerprint density at radius 2 is 1.83 bits per heavy atom. The molecule has 2 heterocycles. The third-order valence-electron chi connectivity index (χ3n) is 4.14. The van der Waals surface area contributed by atoms with Gasteiger partial charge in [0.05, 0.1) is 0 Å². The molecule has 0 aliphatic carbocycles. The molecule has 4 rings (SSSR count). The second-order valence-electron chi connectivity index (χ2n) is 6.35. The average Bonchev–Trinajstić information content (AvgIpc) is 3.39. The number of amides is 2. The monoisotopic (exact) mass is 410 g/mol. The van der Waals surface area contributed by atoms with Crippen LogP contribution in [-0.2, 0) is 6.42 Å². The minimum absolute atomic E-state index is 0.0452. The number of H-pyrrole nitrogens is 1. The van der Waals surface area contributed by atoms with Crippen molar-refractivity contribution in [1.82, 2.24) is 20.3 Å². The predicted molar refractivity (Wildman–Crippen MR) is 105 cm³/mol. The molecule has 8 nitrogen and oxygen atoms in total. The Bertz CT molecular complexity index is 1130. The first kappa shape index (κ1) is 19.2. The number of carbonyl (C=O) groups is 1. The molecule has 30 heavy (non-hydrogen) atoms. The van der Waals surface area contributed by atoms with Crippen LogP contribution in [0.1, 0.15) is 23.6 Å². The molecule has 2 aromatic carbocycles. The van der Waals surface area contributed by atoms with Crippen LogP contribution in [-0.4, -0.2) is 26.4 Å². The molecule has 2 aromatic heterocycles. The number of benzene rings is 2. The van der Waals surface area contributed by atoms with Crippen LogP contribution in [0.5, 0.6) is 0 Å². The second kappa shape index (κ2) is 8.52. The summed E-state index contributed by atoms with van der Waals surface area (Å²) in [6, 6.07) is 17.5. The van der Waals surface area contributed by atoms with E-state index in [1.54, 1.807) is 30.3 Å². The molecule has 152 valence electrons. The van der Waals surface area contributed by atoms with Crippen LogP contribution in [0.25, 0.3) is 11.4 Å². The first-order valence-corrected chi connectivity index (χ1v) is 8.95. The van der Waals surface area contributed by atoms with E-state index in [0.29, 0.717) is 23.5 Å². The highest BCUT2D eigenvalue weighted by atomic mass is 19.3. The van der Waals surface area contributed by atoms with E-state index < -0.39 is 18.3 Å². The van der Waals surface area contributed by atoms with E-state index in [9.17, 15) is 13.6 Å². The minimum atomic E-state index is -2.83. The molecular weight excluding hydrogens is 394 g/mol. The van der Waals surface area contributed by atoms with Crippen molar-refractivity contribution in [3.05, 3.63) is 77.8 Å². The molecule has 0 aliphatic heterocycles. The van der Waals surface area contributed by atoms with Gasteiger partial charge in [-0.2, -0.15) is 18.9 Å². The molecule has 0 atom stereocenters. The van der Waals surface area contributed by atoms with Gasteiger partial charge in [0.1, 0.15) is 0 Å². The molecule has 0 radical (unpaired) electrons. The first-order valence-electron chi connectivity index (χ1n) is 8.95. The minimum Gasteiger partial charge on any atom is -0.333 e. The topological polar surface area (TPSA) is 109 Å². The van der Waals surface area contributed by atoms with E-state index >= 15 is 0 Å². The largest absolute Gasteiger partial charge is 0.333 e. The van der Waals surface area contributed by atoms with E-state index in [4.69, 9.17) is 0 Å². The zero-order chi connectivity index (χ0) is 20.9. The number of alkyl halides is 2. The number of nitrogens with zero attached hydrogens (tertiary/aromatic N) is 3. The van der Waals surface area contributed by atoms with Crippen LogP contribution in [0.2, 0.25) is 0 Å². The molecule has 0 aliphatic rings. The van der Waals surface area contributed by atoms with E-state index in [1.807, 2.05) is 30.3 Å². The highest BCUT2D eigenvalue weighted by Crippen LogP contribution is 2.23. The van der Waals surface area contributed by atoms with Gasteiger partial charge in [0, 0.05) is 29.4 Å². The highest BCUT2D eigenvalue weighted by Gasteiger charge is 2.17. The van der Waals surface area contributed by atoms with Crippen LogP contribution in [0, 0.1) is 0 Å². The molecule has 0 fully saturated rings. The van der Waals surface area contributed by atoms with Crippen molar-refractivity contribution in [3.63, 3.8) is 0 Å². The molecule has 0 bridgehead atoms. The summed E-state index contributed by atoms with van der Waals surface area (Å²) in [5.74, 6) is -0.303. The fourth-order valence-electron chi connectivity index (χ4n) is 2.75. The molecule has 10 heteroatoms. The van der Waals surface area contributed by atoms with E-state index in [1.165, 1.54) is 0 Å². The summed E-state index contributed by atoms with van der Waals surface area (Å²) in [7, 11) is 0. The van der Waals surface area contributed by atoms with Crippen molar-refractivity contribution in [2.75, 3.05) is 10.6 Å². The van der Waals surface area contributed by atoms with Gasteiger partial charge in [-0.25, -0.2) is 4.79 Å². The number of aromatic amines is 1. The van der Waals surface area contributed by atoms with Gasteiger partial charge >= 0.3 is 12.5 Å². The van der Waals surface area contributed by atoms with Crippen LogP contribution >= 0.6 is 0 Å². The Morgan fingerprint density at radius 3 is 2.53 bits per heavy atom. The lowest BCUT2D eigenvalue weighted by atomic mass is 10.1. The summed E-state index contributed by atoms with van der Waals surface area (Å²) >= 11 is 0. The van der Waals surface area contributed by atoms with Crippen molar-refractivity contribution < 1.29 is 18.1 Å². The number of hydrogen-bond donors (Lipinski definition) is 3. The van der Waals surface area contributed by atoms with Crippen LogP contribution in [0.4, 0.5) is 25.1 Å². The lowest BCUT2D eigenvalue weighted by Gasteiger charge is -2.05. The standard InChI is InChI=1S/C20H16F2N6O2/c21-17(22)19-25-18(28-30-19)13-6-8-14(9-7-13)23-20(29)24-16-11-15(26-27-16)10-12-4-2-1-3-5-12/h1-9,11,17H,10H2,(H3,23,24,26,27,29). The van der Waals surface area contributed by atoms with Gasteiger partial charge in [0.15, 0.2) is 5.82 Å². The zero-order valence-electron chi connectivity index (χ0n) is 15.5. The zero-order valence-corrected chi connectivity index (χ0v) is 15.5. The Labute approximate surface area is 169 Å². The van der Waals surface area contributed by atoms with Crippen molar-refractivity contribution >= 4 is 17.5 Å². The number of rotatable bonds is 6. The molecule has 3 N–H and O–H groups in total.